The number of benzene rings is 1. The first-order chi connectivity index (χ1) is 9.69. The SMILES string of the molecule is COc1ccc(C)cc1CNCC(C)CN1CCCC1. The van der Waals surface area contributed by atoms with Crippen molar-refractivity contribution in [1.82, 2.24) is 10.2 Å². The van der Waals surface area contributed by atoms with Crippen molar-refractivity contribution in [1.29, 1.82) is 0 Å². The van der Waals surface area contributed by atoms with Crippen molar-refractivity contribution >= 4 is 0 Å². The van der Waals surface area contributed by atoms with Gasteiger partial charge in [0.15, 0.2) is 0 Å². The van der Waals surface area contributed by atoms with Crippen LogP contribution in [0.5, 0.6) is 5.75 Å². The van der Waals surface area contributed by atoms with Crippen LogP contribution in [0.3, 0.4) is 0 Å². The number of nitrogens with zero attached hydrogens (tertiary/aromatic N) is 1. The fraction of sp³-hybridized carbons (Fsp3) is 0.647. The number of ether oxygens (including phenoxy) is 1. The maximum absolute atomic E-state index is 5.42. The van der Waals surface area contributed by atoms with Crippen LogP contribution < -0.4 is 10.1 Å². The molecular formula is C17H28N2O. The largest absolute Gasteiger partial charge is 0.496 e. The highest BCUT2D eigenvalue weighted by molar-refractivity contribution is 5.36. The van der Waals surface area contributed by atoms with Gasteiger partial charge in [-0.15, -0.1) is 0 Å². The predicted octanol–water partition coefficient (Wildman–Crippen LogP) is 2.83. The molecule has 1 unspecified atom stereocenters. The molecule has 1 aromatic carbocycles. The van der Waals surface area contributed by atoms with Crippen LogP contribution in [-0.2, 0) is 6.54 Å². The van der Waals surface area contributed by atoms with E-state index in [1.54, 1.807) is 7.11 Å². The lowest BCUT2D eigenvalue weighted by Gasteiger charge is -2.20. The smallest absolute Gasteiger partial charge is 0.123 e. The molecule has 0 bridgehead atoms. The number of aryl methyl sites for hydroxylation is 1. The molecule has 1 aromatic rings. The molecule has 3 heteroatoms. The van der Waals surface area contributed by atoms with E-state index in [-0.39, 0.29) is 0 Å². The van der Waals surface area contributed by atoms with Gasteiger partial charge in [-0.05, 0) is 51.4 Å². The van der Waals surface area contributed by atoms with E-state index in [9.17, 15) is 0 Å². The molecule has 20 heavy (non-hydrogen) atoms. The lowest BCUT2D eigenvalue weighted by atomic mass is 10.1. The van der Waals surface area contributed by atoms with Gasteiger partial charge in [-0.3, -0.25) is 0 Å². The summed E-state index contributed by atoms with van der Waals surface area (Å²) in [7, 11) is 1.74. The van der Waals surface area contributed by atoms with Crippen molar-refractivity contribution < 1.29 is 4.74 Å². The minimum absolute atomic E-state index is 0.698. The van der Waals surface area contributed by atoms with Crippen molar-refractivity contribution in [3.05, 3.63) is 29.3 Å². The molecule has 0 aliphatic carbocycles. The van der Waals surface area contributed by atoms with Crippen LogP contribution in [-0.4, -0.2) is 38.2 Å². The third-order valence-corrected chi connectivity index (χ3v) is 4.01. The van der Waals surface area contributed by atoms with Gasteiger partial charge < -0.3 is 15.0 Å². The molecule has 0 saturated carbocycles. The third-order valence-electron chi connectivity index (χ3n) is 4.01. The summed E-state index contributed by atoms with van der Waals surface area (Å²) >= 11 is 0. The first-order valence-corrected chi connectivity index (χ1v) is 7.75. The minimum atomic E-state index is 0.698. The Labute approximate surface area is 123 Å². The Morgan fingerprint density at radius 3 is 2.75 bits per heavy atom. The Morgan fingerprint density at radius 1 is 1.30 bits per heavy atom. The van der Waals surface area contributed by atoms with Gasteiger partial charge >= 0.3 is 0 Å². The molecule has 0 amide bonds. The molecule has 1 heterocycles. The van der Waals surface area contributed by atoms with E-state index in [0.29, 0.717) is 5.92 Å². The Balaban J connectivity index is 1.75. The zero-order chi connectivity index (χ0) is 14.4. The third kappa shape index (κ3) is 4.50. The summed E-state index contributed by atoms with van der Waals surface area (Å²) < 4.78 is 5.42. The summed E-state index contributed by atoms with van der Waals surface area (Å²) in [5.74, 6) is 1.68. The van der Waals surface area contributed by atoms with E-state index in [0.717, 1.165) is 18.8 Å². The highest BCUT2D eigenvalue weighted by atomic mass is 16.5. The normalized spacial score (nSPS) is 17.4. The summed E-state index contributed by atoms with van der Waals surface area (Å²) in [6, 6.07) is 6.36. The number of nitrogens with one attached hydrogen (secondary N) is 1. The second-order valence-corrected chi connectivity index (χ2v) is 6.06. The Hall–Kier alpha value is -1.06. The summed E-state index contributed by atoms with van der Waals surface area (Å²) in [6.45, 7) is 10.2. The molecule has 0 radical (unpaired) electrons. The molecule has 1 aliphatic rings. The Morgan fingerprint density at radius 2 is 2.05 bits per heavy atom. The van der Waals surface area contributed by atoms with Crippen molar-refractivity contribution in [2.75, 3.05) is 33.3 Å². The summed E-state index contributed by atoms with van der Waals surface area (Å²) in [5, 5.41) is 3.57. The molecule has 0 spiro atoms. The number of methoxy groups -OCH3 is 1. The summed E-state index contributed by atoms with van der Waals surface area (Å²) in [4.78, 5) is 2.58. The van der Waals surface area contributed by atoms with Gasteiger partial charge in [0.05, 0.1) is 7.11 Å². The highest BCUT2D eigenvalue weighted by Gasteiger charge is 2.14. The average Bonchev–Trinajstić information content (AvgIpc) is 2.92. The average molecular weight is 276 g/mol. The monoisotopic (exact) mass is 276 g/mol. The highest BCUT2D eigenvalue weighted by Crippen LogP contribution is 2.19. The standard InChI is InChI=1S/C17H28N2O/c1-14-6-7-17(20-3)16(10-14)12-18-11-15(2)13-19-8-4-5-9-19/h6-7,10,15,18H,4-5,8-9,11-13H2,1-3H3. The topological polar surface area (TPSA) is 24.5 Å². The van der Waals surface area contributed by atoms with Gasteiger partial charge in [-0.1, -0.05) is 24.6 Å². The molecule has 1 aliphatic heterocycles. The number of rotatable bonds is 7. The molecule has 1 atom stereocenters. The lowest BCUT2D eigenvalue weighted by molar-refractivity contribution is 0.282. The molecular weight excluding hydrogens is 248 g/mol. The molecule has 2 rings (SSSR count). The number of hydrogen-bond acceptors (Lipinski definition) is 3. The molecule has 0 aromatic heterocycles. The zero-order valence-corrected chi connectivity index (χ0v) is 13.1. The molecule has 1 saturated heterocycles. The van der Waals surface area contributed by atoms with E-state index in [1.807, 2.05) is 0 Å². The minimum Gasteiger partial charge on any atom is -0.496 e. The maximum atomic E-state index is 5.42. The van der Waals surface area contributed by atoms with Gasteiger partial charge in [0.1, 0.15) is 5.75 Å². The van der Waals surface area contributed by atoms with Crippen LogP contribution in [0, 0.1) is 12.8 Å². The molecule has 1 fully saturated rings. The van der Waals surface area contributed by atoms with Crippen molar-refractivity contribution in [3.63, 3.8) is 0 Å². The fourth-order valence-electron chi connectivity index (χ4n) is 2.97. The van der Waals surface area contributed by atoms with E-state index < -0.39 is 0 Å². The van der Waals surface area contributed by atoms with Crippen molar-refractivity contribution in [2.45, 2.75) is 33.2 Å². The fourth-order valence-corrected chi connectivity index (χ4v) is 2.97. The van der Waals surface area contributed by atoms with Gasteiger partial charge in [0.2, 0.25) is 0 Å². The van der Waals surface area contributed by atoms with E-state index in [4.69, 9.17) is 4.74 Å². The summed E-state index contributed by atoms with van der Waals surface area (Å²) in [6.07, 6.45) is 2.75. The maximum Gasteiger partial charge on any atom is 0.123 e. The Kier molecular flexibility index (Phi) is 5.86. The van der Waals surface area contributed by atoms with Gasteiger partial charge in [-0.2, -0.15) is 0 Å². The van der Waals surface area contributed by atoms with Gasteiger partial charge in [0.25, 0.3) is 0 Å². The number of hydrogen-bond donors (Lipinski definition) is 1. The van der Waals surface area contributed by atoms with Crippen LogP contribution in [0.1, 0.15) is 30.9 Å². The summed E-state index contributed by atoms with van der Waals surface area (Å²) in [5.41, 5.74) is 2.54. The molecule has 1 N–H and O–H groups in total. The van der Waals surface area contributed by atoms with Crippen LogP contribution in [0.15, 0.2) is 18.2 Å². The second kappa shape index (κ2) is 7.65. The van der Waals surface area contributed by atoms with Crippen LogP contribution in [0.25, 0.3) is 0 Å². The number of likely N-dealkylation sites (tertiary alicyclic amines) is 1. The first-order valence-electron chi connectivity index (χ1n) is 7.75. The van der Waals surface area contributed by atoms with Crippen LogP contribution in [0.4, 0.5) is 0 Å². The van der Waals surface area contributed by atoms with Crippen LogP contribution in [0.2, 0.25) is 0 Å². The second-order valence-electron chi connectivity index (χ2n) is 6.06. The van der Waals surface area contributed by atoms with E-state index in [2.05, 4.69) is 42.3 Å². The Bertz CT molecular complexity index is 413. The predicted molar refractivity (Wildman–Crippen MR) is 84.3 cm³/mol. The lowest BCUT2D eigenvalue weighted by Crippen LogP contribution is -2.31. The molecule has 3 nitrogen and oxygen atoms in total. The van der Waals surface area contributed by atoms with Crippen molar-refractivity contribution in [2.24, 2.45) is 5.92 Å². The van der Waals surface area contributed by atoms with Crippen LogP contribution >= 0.6 is 0 Å². The van der Waals surface area contributed by atoms with E-state index in [1.165, 1.54) is 43.6 Å². The molecule has 112 valence electrons. The van der Waals surface area contributed by atoms with E-state index >= 15 is 0 Å². The zero-order valence-electron chi connectivity index (χ0n) is 13.1. The first kappa shape index (κ1) is 15.3. The van der Waals surface area contributed by atoms with Crippen molar-refractivity contribution in [3.8, 4) is 5.75 Å². The quantitative estimate of drug-likeness (QED) is 0.829. The van der Waals surface area contributed by atoms with Gasteiger partial charge in [-0.25, -0.2) is 0 Å². The van der Waals surface area contributed by atoms with Gasteiger partial charge in [0, 0.05) is 18.7 Å².